The Morgan fingerprint density at radius 3 is 2.35 bits per heavy atom. The highest BCUT2D eigenvalue weighted by Crippen LogP contribution is 2.56. The smallest absolute Gasteiger partial charge is 0.226 e. The van der Waals surface area contributed by atoms with E-state index in [1.165, 1.54) is 25.7 Å². The maximum atomic E-state index is 12.5. The molecule has 3 aliphatic rings. The fraction of sp³-hybridized carbons (Fsp3) is 0.846. The minimum atomic E-state index is 0.0418. The molecular weight excluding hydrogens is 232 g/mol. The Hall–Kier alpha value is -0.640. The molecule has 2 aliphatic carbocycles. The van der Waals surface area contributed by atoms with Crippen LogP contribution in [0.15, 0.2) is 0 Å². The molecule has 2 N–H and O–H groups in total. The van der Waals surface area contributed by atoms with Crippen molar-refractivity contribution in [1.29, 1.82) is 0 Å². The van der Waals surface area contributed by atoms with E-state index >= 15 is 0 Å². The lowest BCUT2D eigenvalue weighted by Crippen LogP contribution is -2.43. The van der Waals surface area contributed by atoms with E-state index in [1.54, 1.807) is 0 Å². The maximum Gasteiger partial charge on any atom is 0.226 e. The number of carbonyl (C=O) groups is 1. The topological polar surface area (TPSA) is 46.3 Å². The Labute approximate surface area is 108 Å². The number of nitrogens with zero attached hydrogens (tertiary/aromatic N) is 1. The molecule has 3 atom stereocenters. The highest BCUT2D eigenvalue weighted by Gasteiger charge is 2.56. The highest BCUT2D eigenvalue weighted by molar-refractivity contribution is 7.80. The van der Waals surface area contributed by atoms with E-state index in [9.17, 15) is 4.79 Å². The van der Waals surface area contributed by atoms with Crippen LogP contribution in [-0.2, 0) is 4.79 Å². The third-order valence-electron chi connectivity index (χ3n) is 4.81. The second-order valence-corrected chi connectivity index (χ2v) is 6.20. The van der Waals surface area contributed by atoms with Gasteiger partial charge in [0.05, 0.1) is 11.0 Å². The summed E-state index contributed by atoms with van der Waals surface area (Å²) in [6.07, 6.45) is 7.14. The number of likely N-dealkylation sites (tertiary alicyclic amines) is 1. The van der Waals surface area contributed by atoms with Gasteiger partial charge in [-0.15, -0.1) is 0 Å². The molecular formula is C13H20N2OS. The van der Waals surface area contributed by atoms with Gasteiger partial charge in [-0.05, 0) is 37.5 Å². The van der Waals surface area contributed by atoms with Crippen LogP contribution in [-0.4, -0.2) is 28.4 Å². The molecule has 0 radical (unpaired) electrons. The number of hydrogen-bond donors (Lipinski definition) is 1. The summed E-state index contributed by atoms with van der Waals surface area (Å²) in [4.78, 5) is 15.0. The van der Waals surface area contributed by atoms with Crippen LogP contribution >= 0.6 is 12.2 Å². The van der Waals surface area contributed by atoms with Crippen LogP contribution < -0.4 is 5.73 Å². The molecule has 1 heterocycles. The number of carbonyl (C=O) groups excluding carboxylic acids is 1. The van der Waals surface area contributed by atoms with Gasteiger partial charge >= 0.3 is 0 Å². The zero-order valence-corrected chi connectivity index (χ0v) is 10.9. The second kappa shape index (κ2) is 4.23. The first kappa shape index (κ1) is 11.5. The van der Waals surface area contributed by atoms with E-state index in [2.05, 4.69) is 0 Å². The third-order valence-corrected chi connectivity index (χ3v) is 5.08. The van der Waals surface area contributed by atoms with Crippen molar-refractivity contribution in [1.82, 2.24) is 4.90 Å². The lowest BCUT2D eigenvalue weighted by molar-refractivity contribution is -0.133. The van der Waals surface area contributed by atoms with E-state index in [1.807, 2.05) is 4.90 Å². The van der Waals surface area contributed by atoms with E-state index in [0.29, 0.717) is 28.6 Å². The predicted molar refractivity (Wildman–Crippen MR) is 70.5 cm³/mol. The van der Waals surface area contributed by atoms with Crippen LogP contribution in [0.25, 0.3) is 0 Å². The summed E-state index contributed by atoms with van der Waals surface area (Å²) in [7, 11) is 0. The Morgan fingerprint density at radius 2 is 1.76 bits per heavy atom. The molecule has 1 saturated heterocycles. The van der Waals surface area contributed by atoms with E-state index in [0.717, 1.165) is 19.4 Å². The summed E-state index contributed by atoms with van der Waals surface area (Å²) >= 11 is 5.07. The van der Waals surface area contributed by atoms with Gasteiger partial charge in [-0.2, -0.15) is 0 Å². The lowest BCUT2D eigenvalue weighted by Gasteiger charge is -2.24. The Balaban J connectivity index is 1.68. The van der Waals surface area contributed by atoms with E-state index < -0.39 is 0 Å². The van der Waals surface area contributed by atoms with Gasteiger partial charge < -0.3 is 10.6 Å². The molecule has 3 fully saturated rings. The van der Waals surface area contributed by atoms with Gasteiger partial charge in [-0.1, -0.05) is 25.1 Å². The molecule has 4 heteroatoms. The average molecular weight is 252 g/mol. The Kier molecular flexibility index (Phi) is 2.85. The van der Waals surface area contributed by atoms with Crippen LogP contribution in [0, 0.1) is 17.8 Å². The molecule has 3 unspecified atom stereocenters. The van der Waals surface area contributed by atoms with E-state index in [4.69, 9.17) is 18.0 Å². The van der Waals surface area contributed by atoms with Crippen molar-refractivity contribution in [2.75, 3.05) is 6.54 Å². The minimum Gasteiger partial charge on any atom is -0.392 e. The summed E-state index contributed by atoms with van der Waals surface area (Å²) in [5, 5.41) is 0. The zero-order chi connectivity index (χ0) is 12.0. The molecule has 0 aromatic rings. The predicted octanol–water partition coefficient (Wildman–Crippen LogP) is 1.70. The van der Waals surface area contributed by atoms with Crippen molar-refractivity contribution in [3.8, 4) is 0 Å². The molecule has 2 saturated carbocycles. The number of thiocarbonyl (C=S) groups is 1. The normalized spacial score (nSPS) is 39.9. The number of hydrogen-bond acceptors (Lipinski definition) is 2. The van der Waals surface area contributed by atoms with Gasteiger partial charge in [0.25, 0.3) is 0 Å². The molecule has 17 heavy (non-hydrogen) atoms. The van der Waals surface area contributed by atoms with Crippen molar-refractivity contribution in [2.45, 2.75) is 44.6 Å². The molecule has 1 amide bonds. The van der Waals surface area contributed by atoms with Crippen molar-refractivity contribution in [2.24, 2.45) is 23.5 Å². The fourth-order valence-corrected chi connectivity index (χ4v) is 4.12. The zero-order valence-electron chi connectivity index (χ0n) is 10.1. The van der Waals surface area contributed by atoms with Gasteiger partial charge in [0.1, 0.15) is 0 Å². The summed E-state index contributed by atoms with van der Waals surface area (Å²) < 4.78 is 0. The lowest BCUT2D eigenvalue weighted by atomic mass is 10.0. The largest absolute Gasteiger partial charge is 0.392 e. The van der Waals surface area contributed by atoms with Crippen LogP contribution in [0.2, 0.25) is 0 Å². The summed E-state index contributed by atoms with van der Waals surface area (Å²) in [6.45, 7) is 0.858. The van der Waals surface area contributed by atoms with Crippen LogP contribution in [0.3, 0.4) is 0 Å². The Morgan fingerprint density at radius 1 is 1.12 bits per heavy atom. The van der Waals surface area contributed by atoms with Gasteiger partial charge in [-0.25, -0.2) is 0 Å². The van der Waals surface area contributed by atoms with Crippen molar-refractivity contribution >= 4 is 23.1 Å². The van der Waals surface area contributed by atoms with Gasteiger partial charge in [0.15, 0.2) is 0 Å². The molecule has 94 valence electrons. The van der Waals surface area contributed by atoms with Crippen LogP contribution in [0.4, 0.5) is 0 Å². The molecule has 3 rings (SSSR count). The van der Waals surface area contributed by atoms with Gasteiger partial charge in [-0.3, -0.25) is 4.79 Å². The molecule has 1 aliphatic heterocycles. The fourth-order valence-electron chi connectivity index (χ4n) is 3.88. The maximum absolute atomic E-state index is 12.5. The van der Waals surface area contributed by atoms with Crippen molar-refractivity contribution in [3.05, 3.63) is 0 Å². The minimum absolute atomic E-state index is 0.0418. The SMILES string of the molecule is NC(=S)C1CCCN1C(=O)C1C2CCCCC21. The number of rotatable bonds is 2. The van der Waals surface area contributed by atoms with Gasteiger partial charge in [0, 0.05) is 12.5 Å². The summed E-state index contributed by atoms with van der Waals surface area (Å²) in [6, 6.07) is 0.0418. The number of fused-ring (bicyclic) bond motifs is 1. The molecule has 3 nitrogen and oxygen atoms in total. The first-order valence-corrected chi connectivity index (χ1v) is 7.21. The molecule has 0 aromatic carbocycles. The second-order valence-electron chi connectivity index (χ2n) is 5.73. The monoisotopic (exact) mass is 252 g/mol. The molecule has 0 bridgehead atoms. The molecule has 0 spiro atoms. The van der Waals surface area contributed by atoms with E-state index in [-0.39, 0.29) is 6.04 Å². The van der Waals surface area contributed by atoms with Crippen molar-refractivity contribution in [3.63, 3.8) is 0 Å². The van der Waals surface area contributed by atoms with Crippen molar-refractivity contribution < 1.29 is 4.79 Å². The summed E-state index contributed by atoms with van der Waals surface area (Å²) in [5.74, 6) is 2.03. The third kappa shape index (κ3) is 1.86. The number of nitrogens with two attached hydrogens (primary N) is 1. The Bertz CT molecular complexity index is 345. The first-order chi connectivity index (χ1) is 8.20. The highest BCUT2D eigenvalue weighted by atomic mass is 32.1. The van der Waals surface area contributed by atoms with Crippen LogP contribution in [0.1, 0.15) is 38.5 Å². The molecule has 0 aromatic heterocycles. The first-order valence-electron chi connectivity index (χ1n) is 6.80. The summed E-state index contributed by atoms with van der Waals surface area (Å²) in [5.41, 5.74) is 5.73. The number of amides is 1. The standard InChI is InChI=1S/C13H20N2OS/c14-12(17)10-6-3-7-15(10)13(16)11-8-4-1-2-5-9(8)11/h8-11H,1-7H2,(H2,14,17). The van der Waals surface area contributed by atoms with Gasteiger partial charge in [0.2, 0.25) is 5.91 Å². The van der Waals surface area contributed by atoms with Crippen LogP contribution in [0.5, 0.6) is 0 Å². The quantitative estimate of drug-likeness (QED) is 0.761. The average Bonchev–Trinajstić information content (AvgIpc) is 2.83.